The molecule has 0 spiro atoms. The van der Waals surface area contributed by atoms with Crippen LogP contribution in [0.3, 0.4) is 0 Å². The van der Waals surface area contributed by atoms with Gasteiger partial charge in [0.15, 0.2) is 5.60 Å². The maximum Gasteiger partial charge on any atom is 0.178 e. The molecule has 1 heterocycles. The lowest BCUT2D eigenvalue weighted by molar-refractivity contribution is 0.163. The van der Waals surface area contributed by atoms with Crippen LogP contribution in [-0.4, -0.2) is 0 Å². The van der Waals surface area contributed by atoms with Crippen molar-refractivity contribution in [3.63, 3.8) is 0 Å². The van der Waals surface area contributed by atoms with Gasteiger partial charge < -0.3 is 21.9 Å². The van der Waals surface area contributed by atoms with E-state index < -0.39 is 5.60 Å². The van der Waals surface area contributed by atoms with Crippen molar-refractivity contribution in [2.75, 3.05) is 17.2 Å². The number of hydrogen-bond acceptors (Lipinski definition) is 4. The molecule has 0 saturated heterocycles. The smallest absolute Gasteiger partial charge is 0.178 e. The molecule has 0 bridgehead atoms. The van der Waals surface area contributed by atoms with Crippen molar-refractivity contribution >= 4 is 44.7 Å². The fraction of sp³-hybridized carbons (Fsp3) is 0.0811. The molecule has 0 fully saturated rings. The lowest BCUT2D eigenvalue weighted by Crippen LogP contribution is -2.35. The predicted molar refractivity (Wildman–Crippen MR) is 171 cm³/mol. The minimum Gasteiger partial charge on any atom is -0.472 e. The summed E-state index contributed by atoms with van der Waals surface area (Å²) >= 11 is 0. The summed E-state index contributed by atoms with van der Waals surface area (Å²) < 4.78 is 7.38. The molecular weight excluding hydrogens is 502 g/mol. The van der Waals surface area contributed by atoms with Crippen LogP contribution in [0, 0.1) is 0 Å². The Morgan fingerprint density at radius 1 is 0.659 bits per heavy atom. The molecule has 1 aliphatic carbocycles. The summed E-state index contributed by atoms with van der Waals surface area (Å²) in [4.78, 5) is 0. The standard InChI is InChI=1S/C37H29N3O/c38-26-14-11-24(12-15-26)37(25-13-18-32(39)33(40)21-25)20-19-30-29-16-9-22-5-1-3-7-27(22)34(29)31-17-10-23-6-2-4-8-28(23)35(31)36(30)41-37/h1-8,10-15,17-21H,9,16,38-40H2. The topological polar surface area (TPSA) is 87.3 Å². The zero-order valence-corrected chi connectivity index (χ0v) is 22.5. The highest BCUT2D eigenvalue weighted by Gasteiger charge is 2.40. The maximum absolute atomic E-state index is 7.38. The van der Waals surface area contributed by atoms with Gasteiger partial charge in [-0.3, -0.25) is 0 Å². The highest BCUT2D eigenvalue weighted by Crippen LogP contribution is 2.53. The van der Waals surface area contributed by atoms with E-state index in [4.69, 9.17) is 21.9 Å². The average molecular weight is 532 g/mol. The Balaban J connectivity index is 1.49. The molecule has 6 aromatic carbocycles. The van der Waals surface area contributed by atoms with E-state index in [-0.39, 0.29) is 0 Å². The van der Waals surface area contributed by atoms with Crippen molar-refractivity contribution in [1.82, 2.24) is 0 Å². The third kappa shape index (κ3) is 3.40. The molecule has 1 atom stereocenters. The fourth-order valence-electron chi connectivity index (χ4n) is 6.79. The van der Waals surface area contributed by atoms with Crippen LogP contribution in [0.15, 0.2) is 109 Å². The normalized spacial score (nSPS) is 17.1. The van der Waals surface area contributed by atoms with E-state index in [0.717, 1.165) is 40.7 Å². The number of hydrogen-bond donors (Lipinski definition) is 3. The molecule has 1 aliphatic heterocycles. The van der Waals surface area contributed by atoms with E-state index in [0.29, 0.717) is 17.1 Å². The number of benzene rings is 6. The Morgan fingerprint density at radius 3 is 2.29 bits per heavy atom. The van der Waals surface area contributed by atoms with Crippen LogP contribution >= 0.6 is 0 Å². The summed E-state index contributed by atoms with van der Waals surface area (Å²) in [5, 5.41) is 4.69. The van der Waals surface area contributed by atoms with Gasteiger partial charge in [0.1, 0.15) is 5.75 Å². The molecule has 0 radical (unpaired) electrons. The Labute approximate surface area is 238 Å². The second-order valence-electron chi connectivity index (χ2n) is 11.1. The summed E-state index contributed by atoms with van der Waals surface area (Å²) in [6.07, 6.45) is 6.38. The van der Waals surface area contributed by atoms with Crippen LogP contribution in [0.1, 0.15) is 27.8 Å². The van der Waals surface area contributed by atoms with Gasteiger partial charge in [-0.25, -0.2) is 0 Å². The summed E-state index contributed by atoms with van der Waals surface area (Å²) in [5.74, 6) is 0.893. The molecule has 0 saturated carbocycles. The van der Waals surface area contributed by atoms with Gasteiger partial charge in [-0.1, -0.05) is 84.9 Å². The third-order valence-corrected chi connectivity index (χ3v) is 8.83. The Hall–Kier alpha value is -5.22. The van der Waals surface area contributed by atoms with Gasteiger partial charge in [-0.2, -0.15) is 0 Å². The SMILES string of the molecule is Nc1ccc(C2(c3ccc(N)c(N)c3)C=Cc3c4c(c5ccc6ccccc6c5c3O2)-c2ccccc2CC4)cc1. The maximum atomic E-state index is 7.38. The van der Waals surface area contributed by atoms with E-state index in [2.05, 4.69) is 72.8 Å². The van der Waals surface area contributed by atoms with Crippen molar-refractivity contribution < 1.29 is 4.74 Å². The van der Waals surface area contributed by atoms with Gasteiger partial charge in [0.2, 0.25) is 0 Å². The van der Waals surface area contributed by atoms with Crippen LogP contribution in [0.2, 0.25) is 0 Å². The van der Waals surface area contributed by atoms with E-state index in [1.807, 2.05) is 42.5 Å². The molecule has 198 valence electrons. The second-order valence-corrected chi connectivity index (χ2v) is 11.1. The molecule has 6 N–H and O–H groups in total. The quantitative estimate of drug-likeness (QED) is 0.157. The molecule has 0 aromatic heterocycles. The first kappa shape index (κ1) is 23.6. The first-order valence-corrected chi connectivity index (χ1v) is 14.0. The van der Waals surface area contributed by atoms with Gasteiger partial charge in [0.05, 0.1) is 11.4 Å². The number of ether oxygens (including phenoxy) is 1. The molecule has 41 heavy (non-hydrogen) atoms. The highest BCUT2D eigenvalue weighted by molar-refractivity contribution is 6.17. The molecule has 1 unspecified atom stereocenters. The Kier molecular flexibility index (Phi) is 4.98. The number of nitrogen functional groups attached to an aromatic ring is 3. The summed E-state index contributed by atoms with van der Waals surface area (Å²) in [6.45, 7) is 0. The van der Waals surface area contributed by atoms with Gasteiger partial charge in [-0.05, 0) is 81.6 Å². The molecular formula is C37H29N3O. The van der Waals surface area contributed by atoms with Gasteiger partial charge in [0, 0.05) is 27.8 Å². The van der Waals surface area contributed by atoms with Crippen molar-refractivity contribution in [2.24, 2.45) is 0 Å². The van der Waals surface area contributed by atoms with E-state index in [1.54, 1.807) is 0 Å². The summed E-state index contributed by atoms with van der Waals surface area (Å²) in [6, 6.07) is 35.6. The molecule has 4 heteroatoms. The number of aryl methyl sites for hydroxylation is 1. The van der Waals surface area contributed by atoms with Crippen LogP contribution in [0.25, 0.3) is 38.7 Å². The monoisotopic (exact) mass is 531 g/mol. The minimum absolute atomic E-state index is 0.525. The number of anilines is 3. The van der Waals surface area contributed by atoms with Crippen LogP contribution in [-0.2, 0) is 18.4 Å². The number of nitrogens with two attached hydrogens (primary N) is 3. The zero-order valence-electron chi connectivity index (χ0n) is 22.5. The minimum atomic E-state index is -0.923. The average Bonchev–Trinajstić information content (AvgIpc) is 3.01. The van der Waals surface area contributed by atoms with Crippen molar-refractivity contribution in [3.05, 3.63) is 137 Å². The number of fused-ring (bicyclic) bond motifs is 10. The van der Waals surface area contributed by atoms with Crippen LogP contribution < -0.4 is 21.9 Å². The molecule has 0 amide bonds. The zero-order chi connectivity index (χ0) is 27.7. The second kappa shape index (κ2) is 8.64. The number of rotatable bonds is 2. The van der Waals surface area contributed by atoms with E-state index in [9.17, 15) is 0 Å². The molecule has 6 aromatic rings. The molecule has 2 aliphatic rings. The van der Waals surface area contributed by atoms with Gasteiger partial charge in [-0.15, -0.1) is 0 Å². The molecule has 8 rings (SSSR count). The lowest BCUT2D eigenvalue weighted by Gasteiger charge is -2.38. The Morgan fingerprint density at radius 2 is 1.44 bits per heavy atom. The predicted octanol–water partition coefficient (Wildman–Crippen LogP) is 7.85. The van der Waals surface area contributed by atoms with Crippen LogP contribution in [0.5, 0.6) is 5.75 Å². The van der Waals surface area contributed by atoms with Gasteiger partial charge >= 0.3 is 0 Å². The first-order chi connectivity index (χ1) is 20.0. The summed E-state index contributed by atoms with van der Waals surface area (Å²) in [5.41, 5.74) is 27.8. The lowest BCUT2D eigenvalue weighted by atomic mass is 9.77. The van der Waals surface area contributed by atoms with Crippen molar-refractivity contribution in [1.29, 1.82) is 0 Å². The van der Waals surface area contributed by atoms with Crippen molar-refractivity contribution in [3.8, 4) is 16.9 Å². The Bertz CT molecular complexity index is 2060. The van der Waals surface area contributed by atoms with E-state index >= 15 is 0 Å². The van der Waals surface area contributed by atoms with Gasteiger partial charge in [0.25, 0.3) is 0 Å². The van der Waals surface area contributed by atoms with Crippen molar-refractivity contribution in [2.45, 2.75) is 18.4 Å². The molecule has 4 nitrogen and oxygen atoms in total. The largest absolute Gasteiger partial charge is 0.472 e. The first-order valence-electron chi connectivity index (χ1n) is 14.0. The fourth-order valence-corrected chi connectivity index (χ4v) is 6.79. The summed E-state index contributed by atoms with van der Waals surface area (Å²) in [7, 11) is 0. The van der Waals surface area contributed by atoms with E-state index in [1.165, 1.54) is 38.4 Å². The highest BCUT2D eigenvalue weighted by atomic mass is 16.5. The van der Waals surface area contributed by atoms with Crippen LogP contribution in [0.4, 0.5) is 17.1 Å². The third-order valence-electron chi connectivity index (χ3n) is 8.83.